The predicted molar refractivity (Wildman–Crippen MR) is 130 cm³/mol. The lowest BCUT2D eigenvalue weighted by atomic mass is 9.94. The van der Waals surface area contributed by atoms with Crippen molar-refractivity contribution < 1.29 is 29.0 Å². The number of ether oxygens (including phenoxy) is 2. The smallest absolute Gasteiger partial charge is 0.409 e. The average molecular weight is 492 g/mol. The molecule has 2 fully saturated rings. The molecule has 3 aliphatic rings. The number of Topliss-reactive ketones (excluding diaryl/α,β-unsaturated/α-hetero) is 1. The molecule has 36 heavy (non-hydrogen) atoms. The largest absolute Gasteiger partial charge is 0.507 e. The molecule has 2 saturated heterocycles. The molecule has 188 valence electrons. The summed E-state index contributed by atoms with van der Waals surface area (Å²) in [5, 5.41) is 11.4. The van der Waals surface area contributed by atoms with Crippen LogP contribution >= 0.6 is 0 Å². The number of likely N-dealkylation sites (tertiary alicyclic amines) is 2. The van der Waals surface area contributed by atoms with E-state index in [9.17, 15) is 19.5 Å². The summed E-state index contributed by atoms with van der Waals surface area (Å²) in [7, 11) is 0. The van der Waals surface area contributed by atoms with Gasteiger partial charge in [-0.25, -0.2) is 4.79 Å². The van der Waals surface area contributed by atoms with Crippen molar-refractivity contribution in [2.75, 3.05) is 19.7 Å². The van der Waals surface area contributed by atoms with Gasteiger partial charge < -0.3 is 24.4 Å². The third-order valence-electron chi connectivity index (χ3n) is 7.03. The molecule has 0 bridgehead atoms. The molecule has 0 spiro atoms. The van der Waals surface area contributed by atoms with Crippen molar-refractivity contribution >= 4 is 23.5 Å². The van der Waals surface area contributed by atoms with E-state index in [1.54, 1.807) is 53.4 Å². The third kappa shape index (κ3) is 4.19. The van der Waals surface area contributed by atoms with Crippen LogP contribution in [0.3, 0.4) is 0 Å². The van der Waals surface area contributed by atoms with Gasteiger partial charge in [-0.05, 0) is 62.1 Å². The summed E-state index contributed by atoms with van der Waals surface area (Å²) in [5.74, 6) is -0.829. The molecule has 3 aliphatic heterocycles. The molecule has 0 saturated carbocycles. The number of ketones is 1. The first-order valence-corrected chi connectivity index (χ1v) is 12.3. The Kier molecular flexibility index (Phi) is 6.38. The van der Waals surface area contributed by atoms with E-state index in [0.717, 1.165) is 11.3 Å². The molecular weight excluding hydrogens is 462 g/mol. The molecule has 2 aromatic rings. The summed E-state index contributed by atoms with van der Waals surface area (Å²) in [5.41, 5.74) is 2.11. The number of carbonyl (C=O) groups excluding carboxylic acids is 3. The van der Waals surface area contributed by atoms with Crippen LogP contribution in [0.2, 0.25) is 0 Å². The Hall–Kier alpha value is -3.88. The van der Waals surface area contributed by atoms with Gasteiger partial charge in [-0.15, -0.1) is 0 Å². The monoisotopic (exact) mass is 491 g/mol. The molecule has 4 heterocycles. The molecule has 5 rings (SSSR count). The fourth-order valence-corrected chi connectivity index (χ4v) is 5.36. The molecule has 9 nitrogen and oxygen atoms in total. The maximum Gasteiger partial charge on any atom is 0.409 e. The Balaban J connectivity index is 1.51. The van der Waals surface area contributed by atoms with Gasteiger partial charge in [0.25, 0.3) is 11.7 Å². The first-order valence-electron chi connectivity index (χ1n) is 12.3. The number of pyridine rings is 1. The van der Waals surface area contributed by atoms with Gasteiger partial charge in [0.05, 0.1) is 18.2 Å². The maximum atomic E-state index is 13.4. The molecule has 2 unspecified atom stereocenters. The second-order valence-corrected chi connectivity index (χ2v) is 9.36. The van der Waals surface area contributed by atoms with Crippen LogP contribution in [-0.4, -0.2) is 69.5 Å². The second kappa shape index (κ2) is 9.64. The summed E-state index contributed by atoms with van der Waals surface area (Å²) in [4.78, 5) is 46.2. The molecule has 1 aromatic carbocycles. The first-order chi connectivity index (χ1) is 17.4. The van der Waals surface area contributed by atoms with Crippen LogP contribution in [0.15, 0.2) is 48.3 Å². The highest BCUT2D eigenvalue weighted by atomic mass is 16.6. The van der Waals surface area contributed by atoms with Crippen molar-refractivity contribution in [3.63, 3.8) is 0 Å². The SMILES string of the molecule is CCOC(=O)N1CCC(N2C(=O)C(=O)/C(=C(\O)c3ccc4c(c3)CC(C)O4)C2c2cccnc2)CC1. The maximum absolute atomic E-state index is 13.4. The normalized spacial score (nSPS) is 23.5. The van der Waals surface area contributed by atoms with Crippen LogP contribution in [0.5, 0.6) is 5.75 Å². The highest BCUT2D eigenvalue weighted by Gasteiger charge is 2.49. The third-order valence-corrected chi connectivity index (χ3v) is 7.03. The van der Waals surface area contributed by atoms with E-state index in [1.165, 1.54) is 0 Å². The first kappa shape index (κ1) is 23.8. The lowest BCUT2D eigenvalue weighted by Gasteiger charge is -2.38. The molecule has 1 aromatic heterocycles. The van der Waals surface area contributed by atoms with Crippen LogP contribution < -0.4 is 4.74 Å². The summed E-state index contributed by atoms with van der Waals surface area (Å²) in [6, 6.07) is 7.80. The number of hydrogen-bond acceptors (Lipinski definition) is 7. The second-order valence-electron chi connectivity index (χ2n) is 9.36. The summed E-state index contributed by atoms with van der Waals surface area (Å²) in [6.45, 7) is 4.85. The van der Waals surface area contributed by atoms with Crippen molar-refractivity contribution in [1.82, 2.24) is 14.8 Å². The van der Waals surface area contributed by atoms with Gasteiger partial charge in [-0.2, -0.15) is 0 Å². The summed E-state index contributed by atoms with van der Waals surface area (Å²) >= 11 is 0. The summed E-state index contributed by atoms with van der Waals surface area (Å²) < 4.78 is 10.9. The number of fused-ring (bicyclic) bond motifs is 1. The van der Waals surface area contributed by atoms with Gasteiger partial charge in [-0.3, -0.25) is 14.6 Å². The Morgan fingerprint density at radius 3 is 2.69 bits per heavy atom. The Labute approximate surface area is 209 Å². The van der Waals surface area contributed by atoms with Crippen LogP contribution in [0.4, 0.5) is 4.79 Å². The zero-order chi connectivity index (χ0) is 25.4. The lowest BCUT2D eigenvalue weighted by molar-refractivity contribution is -0.142. The average Bonchev–Trinajstić information content (AvgIpc) is 3.39. The molecule has 2 amide bonds. The van der Waals surface area contributed by atoms with Crippen molar-refractivity contribution in [2.45, 2.75) is 51.3 Å². The van der Waals surface area contributed by atoms with Gasteiger partial charge in [0.1, 0.15) is 17.6 Å². The highest BCUT2D eigenvalue weighted by Crippen LogP contribution is 2.42. The molecule has 0 aliphatic carbocycles. The van der Waals surface area contributed by atoms with E-state index in [-0.39, 0.29) is 29.6 Å². The van der Waals surface area contributed by atoms with Crippen LogP contribution in [0.1, 0.15) is 49.4 Å². The predicted octanol–water partition coefficient (Wildman–Crippen LogP) is 3.45. The fourth-order valence-electron chi connectivity index (χ4n) is 5.36. The quantitative estimate of drug-likeness (QED) is 0.396. The van der Waals surface area contributed by atoms with Gasteiger partial charge in [0.15, 0.2) is 0 Å². The number of aliphatic hydroxyl groups is 1. The lowest BCUT2D eigenvalue weighted by Crippen LogP contribution is -2.48. The Bertz CT molecular complexity index is 1220. The molecule has 1 N–H and O–H groups in total. The molecule has 9 heteroatoms. The van der Waals surface area contributed by atoms with E-state index in [1.807, 2.05) is 13.0 Å². The Morgan fingerprint density at radius 2 is 2.00 bits per heavy atom. The van der Waals surface area contributed by atoms with Gasteiger partial charge in [0, 0.05) is 43.5 Å². The van der Waals surface area contributed by atoms with Gasteiger partial charge in [-0.1, -0.05) is 6.07 Å². The van der Waals surface area contributed by atoms with Crippen molar-refractivity contribution in [3.05, 3.63) is 65.0 Å². The minimum atomic E-state index is -0.777. The standard InChI is InChI=1S/C27H29N3O6/c1-3-35-27(34)29-11-8-20(9-12-29)30-23(18-5-4-10-28-15-18)22(25(32)26(30)33)24(31)17-6-7-21-19(14-17)13-16(2)36-21/h4-7,10,14-16,20,23,31H,3,8-9,11-13H2,1-2H3/b24-22-. The Morgan fingerprint density at radius 1 is 1.22 bits per heavy atom. The number of hydrogen-bond donors (Lipinski definition) is 1. The van der Waals surface area contributed by atoms with Crippen LogP contribution in [0, 0.1) is 0 Å². The van der Waals surface area contributed by atoms with E-state index in [2.05, 4.69) is 4.98 Å². The fraction of sp³-hybridized carbons (Fsp3) is 0.407. The number of amides is 2. The highest BCUT2D eigenvalue weighted by molar-refractivity contribution is 6.46. The number of nitrogens with zero attached hydrogens (tertiary/aromatic N) is 3. The van der Waals surface area contributed by atoms with E-state index < -0.39 is 17.7 Å². The minimum absolute atomic E-state index is 0.0406. The number of aromatic nitrogens is 1. The zero-order valence-corrected chi connectivity index (χ0v) is 20.3. The topological polar surface area (TPSA) is 109 Å². The van der Waals surface area contributed by atoms with Crippen LogP contribution in [-0.2, 0) is 20.7 Å². The molecular formula is C27H29N3O6. The van der Waals surface area contributed by atoms with Crippen molar-refractivity contribution in [2.24, 2.45) is 0 Å². The van der Waals surface area contributed by atoms with Gasteiger partial charge in [0.2, 0.25) is 0 Å². The van der Waals surface area contributed by atoms with E-state index in [0.29, 0.717) is 50.1 Å². The van der Waals surface area contributed by atoms with Crippen LogP contribution in [0.25, 0.3) is 5.76 Å². The number of carbonyl (C=O) groups is 3. The summed E-state index contributed by atoms with van der Waals surface area (Å²) in [6.07, 6.45) is 4.59. The number of aliphatic hydroxyl groups excluding tert-OH is 1. The molecule has 2 atom stereocenters. The number of rotatable bonds is 4. The van der Waals surface area contributed by atoms with E-state index >= 15 is 0 Å². The van der Waals surface area contributed by atoms with Crippen molar-refractivity contribution in [3.8, 4) is 5.75 Å². The van der Waals surface area contributed by atoms with Gasteiger partial charge >= 0.3 is 6.09 Å². The number of piperidine rings is 1. The zero-order valence-electron chi connectivity index (χ0n) is 20.3. The minimum Gasteiger partial charge on any atom is -0.507 e. The number of benzene rings is 1. The van der Waals surface area contributed by atoms with E-state index in [4.69, 9.17) is 9.47 Å². The molecule has 0 radical (unpaired) electrons. The van der Waals surface area contributed by atoms with Crippen molar-refractivity contribution in [1.29, 1.82) is 0 Å².